The average Bonchev–Trinajstić information content (AvgIpc) is 1.66. The predicted octanol–water partition coefficient (Wildman–Crippen LogP) is 7.57. The van der Waals surface area contributed by atoms with E-state index in [0.717, 1.165) is 124 Å². The molecule has 4 aromatic heterocycles. The number of nitrogens with zero attached hydrogens (tertiary/aromatic N) is 12. The van der Waals surface area contributed by atoms with E-state index in [4.69, 9.17) is 29.3 Å². The van der Waals surface area contributed by atoms with E-state index < -0.39 is 96.3 Å². The van der Waals surface area contributed by atoms with Gasteiger partial charge in [-0.15, -0.1) is 0 Å². The summed E-state index contributed by atoms with van der Waals surface area (Å²) in [7, 11) is 7.09. The van der Waals surface area contributed by atoms with Crippen LogP contribution in [-0.4, -0.2) is 275 Å². The van der Waals surface area contributed by atoms with E-state index in [1.54, 1.807) is 46.2 Å². The molecule has 4 amide bonds. The van der Waals surface area contributed by atoms with Crippen LogP contribution in [-0.2, 0) is 51.1 Å². The van der Waals surface area contributed by atoms with Crippen molar-refractivity contribution in [1.82, 2.24) is 59.0 Å². The summed E-state index contributed by atoms with van der Waals surface area (Å²) in [6.07, 6.45) is 2.15. The number of aliphatic carboxylic acids is 2. The van der Waals surface area contributed by atoms with E-state index in [1.807, 2.05) is 13.8 Å². The van der Waals surface area contributed by atoms with Crippen LogP contribution in [0.3, 0.4) is 0 Å². The Morgan fingerprint density at radius 2 is 0.865 bits per heavy atom. The Labute approximate surface area is 710 Å². The number of hydrogen-bond acceptors (Lipinski definition) is 22. The van der Waals surface area contributed by atoms with Gasteiger partial charge < -0.3 is 88.6 Å². The first-order chi connectivity index (χ1) is 59.7. The lowest BCUT2D eigenvalue weighted by molar-refractivity contribution is -0.918. The van der Waals surface area contributed by atoms with Gasteiger partial charge in [0.15, 0.2) is 46.1 Å². The highest BCUT2D eigenvalue weighted by molar-refractivity contribution is 6.00. The van der Waals surface area contributed by atoms with Gasteiger partial charge in [0.05, 0.1) is 104 Å². The SMILES string of the molecule is CCc1cc(Nc2nccn3c(-c4ccc(OC(F)F)c(F)c4F)cnc23)ccc1C(=O)N1CCN(C(=O)C2CC[N+](C)(CC3CNC3)CC2)CC1C(=O)OC.CCc1cc(Nc2nccn3c(-c4ccc(OC(F)F)c(F)c4F)cnc23)ccc1C(=O)N1CCN(C(=O)C2CC[N+](C)(CC3CNC3)CC2)CC1C(=O)OC.O=C([O-])C(F)(F)F.O=C([O-])C(F)(F)F. The van der Waals surface area contributed by atoms with Gasteiger partial charge in [-0.25, -0.2) is 38.3 Å². The van der Waals surface area contributed by atoms with E-state index in [-0.39, 0.29) is 107 Å². The highest BCUT2D eigenvalue weighted by Gasteiger charge is 2.46. The summed E-state index contributed by atoms with van der Waals surface area (Å²) in [5.74, 6) is -13.9. The van der Waals surface area contributed by atoms with Crippen molar-refractivity contribution in [3.8, 4) is 34.0 Å². The van der Waals surface area contributed by atoms with Crippen molar-refractivity contribution < 1.29 is 138 Å². The number of carbonyl (C=O) groups excluding carboxylic acids is 8. The molecule has 6 saturated heterocycles. The second-order valence-corrected chi connectivity index (χ2v) is 31.5. The molecule has 2 unspecified atom stereocenters. The quantitative estimate of drug-likeness (QED) is 0.0289. The molecule has 14 rings (SSSR count). The number of ether oxygens (including phenoxy) is 4. The maximum absolute atomic E-state index is 15.0. The second kappa shape index (κ2) is 40.1. The van der Waals surface area contributed by atoms with Crippen LogP contribution >= 0.6 is 0 Å². The number of piperidine rings is 2. The number of likely N-dealkylation sites (tertiary alicyclic amines) is 2. The van der Waals surface area contributed by atoms with Crippen LogP contribution in [0.4, 0.5) is 84.5 Å². The van der Waals surface area contributed by atoms with Crippen molar-refractivity contribution in [3.63, 3.8) is 0 Å². The van der Waals surface area contributed by atoms with E-state index in [9.17, 15) is 81.5 Å². The Bertz CT molecular complexity index is 4990. The average molecular weight is 1790 g/mol. The van der Waals surface area contributed by atoms with Crippen LogP contribution in [0.5, 0.6) is 11.5 Å². The molecule has 6 aliphatic rings. The molecule has 680 valence electrons. The second-order valence-electron chi connectivity index (χ2n) is 31.5. The number of hydrogen-bond donors (Lipinski definition) is 4. The molecule has 4 aromatic carbocycles. The summed E-state index contributed by atoms with van der Waals surface area (Å²) in [4.78, 5) is 123. The Morgan fingerprint density at radius 1 is 0.516 bits per heavy atom. The topological polar surface area (TPSA) is 341 Å². The normalized spacial score (nSPS) is 20.4. The number of carboxylic acid groups (broad SMARTS) is 2. The minimum atomic E-state index is -5.19. The summed E-state index contributed by atoms with van der Waals surface area (Å²) in [5, 5.41) is 30.6. The summed E-state index contributed by atoms with van der Waals surface area (Å²) in [6, 6.07) is 12.4. The molecular formula is C82H90F14N16O14. The van der Waals surface area contributed by atoms with Crippen molar-refractivity contribution in [2.75, 3.05) is 144 Å². The van der Waals surface area contributed by atoms with E-state index in [2.05, 4.69) is 64.8 Å². The zero-order chi connectivity index (χ0) is 91.6. The number of benzene rings is 4. The zero-order valence-corrected chi connectivity index (χ0v) is 68.8. The third-order valence-electron chi connectivity index (χ3n) is 23.1. The number of aryl methyl sites for hydroxylation is 2. The maximum atomic E-state index is 15.0. The fraction of sp³-hybridized carbons (Fsp3) is 0.463. The first-order valence-electron chi connectivity index (χ1n) is 40.0. The molecule has 0 radical (unpaired) electrons. The molecule has 0 saturated carbocycles. The number of imidazole rings is 2. The summed E-state index contributed by atoms with van der Waals surface area (Å²) in [5.41, 5.74) is 3.60. The third kappa shape index (κ3) is 22.1. The Kier molecular flexibility index (Phi) is 30.1. The Hall–Kier alpha value is -12.1. The van der Waals surface area contributed by atoms with E-state index >= 15 is 8.78 Å². The third-order valence-corrected chi connectivity index (χ3v) is 23.1. The molecule has 6 aliphatic heterocycles. The molecule has 0 bridgehead atoms. The minimum Gasteiger partial charge on any atom is -0.542 e. The fourth-order valence-electron chi connectivity index (χ4n) is 16.3. The largest absolute Gasteiger partial charge is 0.542 e. The van der Waals surface area contributed by atoms with Gasteiger partial charge in [-0.3, -0.25) is 28.0 Å². The number of aromatic nitrogens is 6. The highest BCUT2D eigenvalue weighted by atomic mass is 19.4. The number of esters is 2. The smallest absolute Gasteiger partial charge is 0.430 e. The number of carbonyl (C=O) groups is 8. The summed E-state index contributed by atoms with van der Waals surface area (Å²) in [6.45, 7) is 8.39. The molecule has 4 N–H and O–H groups in total. The Morgan fingerprint density at radius 3 is 1.17 bits per heavy atom. The number of amides is 4. The predicted molar refractivity (Wildman–Crippen MR) is 417 cm³/mol. The number of carboxylic acids is 2. The molecule has 126 heavy (non-hydrogen) atoms. The van der Waals surface area contributed by atoms with Crippen molar-refractivity contribution in [2.45, 2.75) is 90.0 Å². The number of piperazine rings is 2. The van der Waals surface area contributed by atoms with Crippen molar-refractivity contribution >= 4 is 81.8 Å². The monoisotopic (exact) mass is 1790 g/mol. The Balaban J connectivity index is 0.000000212. The first-order valence-corrected chi connectivity index (χ1v) is 40.0. The van der Waals surface area contributed by atoms with Gasteiger partial charge in [-0.2, -0.15) is 52.7 Å². The standard InChI is InChI=1S/2C39H44F4N8O5.2C2HF3O2/c2*1-4-24-17-26(47-34-35-46-20-29(49(35)12-11-45-34)28-7-8-31(56-39(42)43)33(41)32(28)40)5-6-27(24)37(53)50-14-13-48(21-30(50)38(54)55-3)36(52)25-9-15-51(2,16-10-25)22-23-18-44-19-23;2*3-2(4,5)1(6)7/h2*5-8,11-12,17,20,23,25,30,39,44H,4,9-10,13-16,18-19,21-22H2,1-3H3;2*(H,6,7). The lowest BCUT2D eigenvalue weighted by Crippen LogP contribution is -2.62. The van der Waals surface area contributed by atoms with Crippen LogP contribution in [0.15, 0.2) is 97.8 Å². The molecule has 8 aromatic rings. The highest BCUT2D eigenvalue weighted by Crippen LogP contribution is 2.38. The van der Waals surface area contributed by atoms with E-state index in [1.165, 1.54) is 70.0 Å². The summed E-state index contributed by atoms with van der Waals surface area (Å²) < 4.78 is 196. The lowest BCUT2D eigenvalue weighted by Gasteiger charge is -2.45. The van der Waals surface area contributed by atoms with Crippen LogP contribution in [0.25, 0.3) is 33.8 Å². The van der Waals surface area contributed by atoms with Gasteiger partial charge in [0, 0.05) is 160 Å². The molecule has 6 fully saturated rings. The van der Waals surface area contributed by atoms with Gasteiger partial charge in [-0.1, -0.05) is 13.8 Å². The van der Waals surface area contributed by atoms with Gasteiger partial charge in [0.2, 0.25) is 23.4 Å². The molecule has 0 aliphatic carbocycles. The number of anilines is 4. The number of quaternary nitrogens is 2. The van der Waals surface area contributed by atoms with Crippen LogP contribution in [0.2, 0.25) is 0 Å². The van der Waals surface area contributed by atoms with Gasteiger partial charge >= 0.3 is 37.5 Å². The lowest BCUT2D eigenvalue weighted by atomic mass is 9.91. The minimum absolute atomic E-state index is 0.0233. The van der Waals surface area contributed by atoms with Gasteiger partial charge in [-0.05, 0) is 84.6 Å². The molecule has 44 heteroatoms. The summed E-state index contributed by atoms with van der Waals surface area (Å²) >= 11 is 0. The van der Waals surface area contributed by atoms with E-state index in [0.29, 0.717) is 71.4 Å². The van der Waals surface area contributed by atoms with Gasteiger partial charge in [0.1, 0.15) is 24.0 Å². The number of methoxy groups -OCH3 is 2. The molecular weight excluding hydrogens is 1700 g/mol. The number of alkyl halides is 10. The number of rotatable bonds is 22. The molecule has 0 spiro atoms. The molecule has 2 atom stereocenters. The maximum Gasteiger partial charge on any atom is 0.430 e. The van der Waals surface area contributed by atoms with Crippen molar-refractivity contribution in [3.05, 3.63) is 143 Å². The zero-order valence-electron chi connectivity index (χ0n) is 68.8. The number of fused-ring (bicyclic) bond motifs is 2. The molecule has 30 nitrogen and oxygen atoms in total. The fourth-order valence-corrected chi connectivity index (χ4v) is 16.3. The van der Waals surface area contributed by atoms with Crippen LogP contribution < -0.4 is 41.0 Å². The van der Waals surface area contributed by atoms with Crippen molar-refractivity contribution in [2.24, 2.45) is 23.7 Å². The van der Waals surface area contributed by atoms with Crippen LogP contribution in [0, 0.1) is 46.9 Å². The van der Waals surface area contributed by atoms with Gasteiger partial charge in [0.25, 0.3) is 11.8 Å². The van der Waals surface area contributed by atoms with Crippen LogP contribution in [0.1, 0.15) is 71.4 Å². The molecule has 10 heterocycles. The van der Waals surface area contributed by atoms with Crippen molar-refractivity contribution in [1.29, 1.82) is 0 Å². The number of nitrogens with one attached hydrogen (secondary N) is 4. The first kappa shape index (κ1) is 94.6. The number of halogens is 14.